The van der Waals surface area contributed by atoms with Gasteiger partial charge in [-0.1, -0.05) is 48.5 Å². The standard InChI is InChI=1S/C30H16BrNO2/c31-23-9-5-8-20-22-16-17(12-14-26(22)34-30(20)23)32-24-10-3-1-6-18(24)19-13-15-27-28(29(19)32)21-7-2-4-11-25(21)33-27/h1-16H. The predicted molar refractivity (Wildman–Crippen MR) is 143 cm³/mol. The maximum atomic E-state index is 6.24. The molecule has 0 spiro atoms. The molecule has 0 aliphatic heterocycles. The summed E-state index contributed by atoms with van der Waals surface area (Å²) in [6.07, 6.45) is 0. The van der Waals surface area contributed by atoms with E-state index in [9.17, 15) is 0 Å². The molecule has 0 amide bonds. The highest BCUT2D eigenvalue weighted by atomic mass is 79.9. The van der Waals surface area contributed by atoms with Crippen molar-refractivity contribution in [2.45, 2.75) is 0 Å². The molecule has 0 bridgehead atoms. The smallest absolute Gasteiger partial charge is 0.149 e. The van der Waals surface area contributed by atoms with Crippen molar-refractivity contribution in [2.24, 2.45) is 0 Å². The Bertz CT molecular complexity index is 2090. The molecule has 160 valence electrons. The summed E-state index contributed by atoms with van der Waals surface area (Å²) in [7, 11) is 0. The molecule has 3 aromatic heterocycles. The second-order valence-electron chi connectivity index (χ2n) is 8.68. The van der Waals surface area contributed by atoms with Crippen LogP contribution in [0.2, 0.25) is 0 Å². The third-order valence-electron chi connectivity index (χ3n) is 6.87. The fourth-order valence-electron chi connectivity index (χ4n) is 5.42. The van der Waals surface area contributed by atoms with Gasteiger partial charge in [-0.3, -0.25) is 0 Å². The van der Waals surface area contributed by atoms with Crippen LogP contribution in [-0.4, -0.2) is 4.57 Å². The molecule has 0 saturated heterocycles. The predicted octanol–water partition coefficient (Wildman–Crippen LogP) is 9.34. The molecule has 34 heavy (non-hydrogen) atoms. The van der Waals surface area contributed by atoms with Gasteiger partial charge in [-0.25, -0.2) is 0 Å². The van der Waals surface area contributed by atoms with E-state index in [1.165, 1.54) is 16.3 Å². The normalized spacial score (nSPS) is 12.3. The summed E-state index contributed by atoms with van der Waals surface area (Å²) in [6, 6.07) is 33.8. The van der Waals surface area contributed by atoms with Crippen molar-refractivity contribution in [1.82, 2.24) is 4.57 Å². The van der Waals surface area contributed by atoms with Crippen LogP contribution < -0.4 is 0 Å². The van der Waals surface area contributed by atoms with Gasteiger partial charge < -0.3 is 13.4 Å². The van der Waals surface area contributed by atoms with Gasteiger partial charge in [-0.2, -0.15) is 0 Å². The number of benzene rings is 5. The second-order valence-corrected chi connectivity index (χ2v) is 9.54. The molecule has 0 aliphatic rings. The first-order chi connectivity index (χ1) is 16.8. The summed E-state index contributed by atoms with van der Waals surface area (Å²) in [4.78, 5) is 0. The van der Waals surface area contributed by atoms with E-state index in [4.69, 9.17) is 8.83 Å². The topological polar surface area (TPSA) is 31.2 Å². The molecule has 0 atom stereocenters. The van der Waals surface area contributed by atoms with Crippen LogP contribution >= 0.6 is 15.9 Å². The number of aromatic nitrogens is 1. The number of fused-ring (bicyclic) bond motifs is 10. The van der Waals surface area contributed by atoms with Crippen LogP contribution in [0.3, 0.4) is 0 Å². The number of nitrogens with zero attached hydrogens (tertiary/aromatic N) is 1. The Morgan fingerprint density at radius 1 is 0.559 bits per heavy atom. The van der Waals surface area contributed by atoms with Gasteiger partial charge in [0.05, 0.1) is 20.9 Å². The summed E-state index contributed by atoms with van der Waals surface area (Å²) in [5.41, 5.74) is 6.99. The minimum atomic E-state index is 0.875. The molecule has 0 N–H and O–H groups in total. The number of hydrogen-bond acceptors (Lipinski definition) is 2. The van der Waals surface area contributed by atoms with E-state index in [0.717, 1.165) is 59.6 Å². The van der Waals surface area contributed by atoms with E-state index in [0.29, 0.717) is 0 Å². The Balaban J connectivity index is 1.58. The first-order valence-corrected chi connectivity index (χ1v) is 12.0. The van der Waals surface area contributed by atoms with Gasteiger partial charge in [0.15, 0.2) is 0 Å². The molecule has 0 saturated carbocycles. The lowest BCUT2D eigenvalue weighted by atomic mass is 10.1. The molecule has 8 rings (SSSR count). The zero-order chi connectivity index (χ0) is 22.4. The van der Waals surface area contributed by atoms with Gasteiger partial charge in [0.2, 0.25) is 0 Å². The molecular formula is C30H16BrNO2. The monoisotopic (exact) mass is 501 g/mol. The van der Waals surface area contributed by atoms with Crippen molar-refractivity contribution in [3.8, 4) is 5.69 Å². The average molecular weight is 502 g/mol. The van der Waals surface area contributed by atoms with E-state index in [1.807, 2.05) is 18.2 Å². The molecule has 8 aromatic rings. The third kappa shape index (κ3) is 2.31. The van der Waals surface area contributed by atoms with Crippen molar-refractivity contribution in [3.63, 3.8) is 0 Å². The van der Waals surface area contributed by atoms with Gasteiger partial charge in [0, 0.05) is 32.6 Å². The Hall–Kier alpha value is -4.02. The van der Waals surface area contributed by atoms with Crippen molar-refractivity contribution in [2.75, 3.05) is 0 Å². The molecule has 0 radical (unpaired) electrons. The largest absolute Gasteiger partial charge is 0.456 e. The summed E-state index contributed by atoms with van der Waals surface area (Å²) in [5.74, 6) is 0. The number of furan rings is 2. The molecule has 3 heterocycles. The Kier molecular flexibility index (Phi) is 3.53. The van der Waals surface area contributed by atoms with Crippen LogP contribution in [0.15, 0.2) is 110 Å². The Morgan fingerprint density at radius 2 is 1.32 bits per heavy atom. The minimum Gasteiger partial charge on any atom is -0.456 e. The van der Waals surface area contributed by atoms with Crippen molar-refractivity contribution >= 4 is 81.6 Å². The van der Waals surface area contributed by atoms with Crippen molar-refractivity contribution in [3.05, 3.63) is 102 Å². The highest BCUT2D eigenvalue weighted by Crippen LogP contribution is 2.42. The van der Waals surface area contributed by atoms with Crippen LogP contribution in [0.25, 0.3) is 71.4 Å². The maximum absolute atomic E-state index is 6.24. The number of para-hydroxylation sites is 3. The highest BCUT2D eigenvalue weighted by Gasteiger charge is 2.19. The number of hydrogen-bond donors (Lipinski definition) is 0. The Labute approximate surface area is 201 Å². The highest BCUT2D eigenvalue weighted by molar-refractivity contribution is 9.10. The van der Waals surface area contributed by atoms with E-state index in [2.05, 4.69) is 99.4 Å². The lowest BCUT2D eigenvalue weighted by Crippen LogP contribution is -1.94. The second kappa shape index (κ2) is 6.52. The quantitative estimate of drug-likeness (QED) is 0.224. The van der Waals surface area contributed by atoms with Crippen LogP contribution in [0.5, 0.6) is 0 Å². The summed E-state index contributed by atoms with van der Waals surface area (Å²) < 4.78 is 15.7. The van der Waals surface area contributed by atoms with Gasteiger partial charge in [0.1, 0.15) is 22.3 Å². The molecular weight excluding hydrogens is 486 g/mol. The molecule has 4 heteroatoms. The van der Waals surface area contributed by atoms with E-state index >= 15 is 0 Å². The minimum absolute atomic E-state index is 0.875. The fourth-order valence-corrected chi connectivity index (χ4v) is 5.87. The SMILES string of the molecule is Brc1cccc2c1oc1ccc(-n3c4ccccc4c4ccc5oc6ccccc6c5c43)cc12. The Morgan fingerprint density at radius 3 is 2.26 bits per heavy atom. The molecule has 0 aliphatic carbocycles. The molecule has 0 unspecified atom stereocenters. The lowest BCUT2D eigenvalue weighted by molar-refractivity contribution is 0.666. The maximum Gasteiger partial charge on any atom is 0.149 e. The third-order valence-corrected chi connectivity index (χ3v) is 7.49. The van der Waals surface area contributed by atoms with Crippen LogP contribution in [0.4, 0.5) is 0 Å². The van der Waals surface area contributed by atoms with Crippen molar-refractivity contribution < 1.29 is 8.83 Å². The molecule has 5 aromatic carbocycles. The zero-order valence-electron chi connectivity index (χ0n) is 17.9. The summed E-state index contributed by atoms with van der Waals surface area (Å²) >= 11 is 3.63. The molecule has 3 nitrogen and oxygen atoms in total. The fraction of sp³-hybridized carbons (Fsp3) is 0. The van der Waals surface area contributed by atoms with Gasteiger partial charge in [-0.05, 0) is 64.5 Å². The number of halogens is 1. The van der Waals surface area contributed by atoms with E-state index in [-0.39, 0.29) is 0 Å². The van der Waals surface area contributed by atoms with Crippen LogP contribution in [0.1, 0.15) is 0 Å². The summed E-state index contributed by atoms with van der Waals surface area (Å²) in [6.45, 7) is 0. The summed E-state index contributed by atoms with van der Waals surface area (Å²) in [5, 5.41) is 6.92. The van der Waals surface area contributed by atoms with Gasteiger partial charge >= 0.3 is 0 Å². The van der Waals surface area contributed by atoms with Gasteiger partial charge in [0.25, 0.3) is 0 Å². The zero-order valence-corrected chi connectivity index (χ0v) is 19.5. The van der Waals surface area contributed by atoms with Gasteiger partial charge in [-0.15, -0.1) is 0 Å². The first-order valence-electron chi connectivity index (χ1n) is 11.2. The van der Waals surface area contributed by atoms with E-state index in [1.54, 1.807) is 0 Å². The molecule has 0 fully saturated rings. The van der Waals surface area contributed by atoms with Crippen LogP contribution in [-0.2, 0) is 0 Å². The van der Waals surface area contributed by atoms with E-state index < -0.39 is 0 Å². The van der Waals surface area contributed by atoms with Crippen molar-refractivity contribution in [1.29, 1.82) is 0 Å². The first kappa shape index (κ1) is 18.4. The average Bonchev–Trinajstić information content (AvgIpc) is 3.53. The lowest BCUT2D eigenvalue weighted by Gasteiger charge is -2.09. The van der Waals surface area contributed by atoms with Crippen LogP contribution in [0, 0.1) is 0 Å². The number of rotatable bonds is 1.